The first-order chi connectivity index (χ1) is 7.29. The largest absolute Gasteiger partial charge is 0.314 e. The van der Waals surface area contributed by atoms with Gasteiger partial charge in [-0.2, -0.15) is 0 Å². The Morgan fingerprint density at radius 1 is 1.25 bits per heavy atom. The maximum atomic E-state index is 11.0. The van der Waals surface area contributed by atoms with Crippen molar-refractivity contribution in [2.24, 2.45) is 5.41 Å². The van der Waals surface area contributed by atoms with Crippen molar-refractivity contribution in [3.05, 3.63) is 0 Å². The lowest BCUT2D eigenvalue weighted by molar-refractivity contribution is 0.299. The molecule has 0 amide bonds. The zero-order chi connectivity index (χ0) is 12.2. The van der Waals surface area contributed by atoms with Crippen LogP contribution in [0.2, 0.25) is 0 Å². The van der Waals surface area contributed by atoms with E-state index in [4.69, 9.17) is 0 Å². The van der Waals surface area contributed by atoms with Gasteiger partial charge in [0.2, 0.25) is 0 Å². The highest BCUT2D eigenvalue weighted by Crippen LogP contribution is 2.27. The van der Waals surface area contributed by atoms with Crippen LogP contribution >= 0.6 is 0 Å². The van der Waals surface area contributed by atoms with Gasteiger partial charge in [0.05, 0.1) is 0 Å². The Balaban J connectivity index is 2.11. The van der Waals surface area contributed by atoms with Gasteiger partial charge in [-0.15, -0.1) is 0 Å². The Kier molecular flexibility index (Phi) is 4.80. The summed E-state index contributed by atoms with van der Waals surface area (Å²) in [6.07, 6.45) is 6.88. The smallest absolute Gasteiger partial charge is 0.147 e. The molecular formula is C12H25NO2S. The van der Waals surface area contributed by atoms with Gasteiger partial charge in [0.1, 0.15) is 9.84 Å². The molecule has 0 saturated heterocycles. The van der Waals surface area contributed by atoms with Crippen LogP contribution in [0.4, 0.5) is 0 Å². The molecule has 0 bridgehead atoms. The molecule has 0 radical (unpaired) electrons. The fourth-order valence-corrected chi connectivity index (χ4v) is 2.51. The molecule has 1 aliphatic carbocycles. The zero-order valence-corrected chi connectivity index (χ0v) is 11.6. The van der Waals surface area contributed by atoms with E-state index >= 15 is 0 Å². The lowest BCUT2D eigenvalue weighted by Crippen LogP contribution is -2.24. The summed E-state index contributed by atoms with van der Waals surface area (Å²) >= 11 is 0. The Morgan fingerprint density at radius 2 is 1.88 bits per heavy atom. The molecule has 0 aliphatic heterocycles. The summed E-state index contributed by atoms with van der Waals surface area (Å²) in [4.78, 5) is 0. The van der Waals surface area contributed by atoms with E-state index in [1.165, 1.54) is 19.1 Å². The fraction of sp³-hybridized carbons (Fsp3) is 1.00. The highest BCUT2D eigenvalue weighted by molar-refractivity contribution is 7.90. The average Bonchev–Trinajstić information content (AvgIpc) is 2.84. The normalized spacial score (nSPS) is 17.7. The number of sulfone groups is 1. The van der Waals surface area contributed by atoms with Gasteiger partial charge in [-0.25, -0.2) is 8.42 Å². The molecule has 3 nitrogen and oxygen atoms in total. The third-order valence-electron chi connectivity index (χ3n) is 3.18. The molecule has 0 atom stereocenters. The maximum Gasteiger partial charge on any atom is 0.147 e. The van der Waals surface area contributed by atoms with Gasteiger partial charge in [0.25, 0.3) is 0 Å². The molecule has 0 aromatic heterocycles. The third kappa shape index (κ3) is 7.23. The highest BCUT2D eigenvalue weighted by atomic mass is 32.2. The Bertz CT molecular complexity index is 305. The molecule has 1 saturated carbocycles. The van der Waals surface area contributed by atoms with Crippen LogP contribution in [0.15, 0.2) is 0 Å². The number of hydrogen-bond donors (Lipinski definition) is 1. The second-order valence-electron chi connectivity index (χ2n) is 5.88. The minimum Gasteiger partial charge on any atom is -0.314 e. The molecule has 0 aromatic carbocycles. The molecule has 0 spiro atoms. The van der Waals surface area contributed by atoms with E-state index in [1.807, 2.05) is 0 Å². The van der Waals surface area contributed by atoms with Crippen LogP contribution < -0.4 is 5.32 Å². The van der Waals surface area contributed by atoms with Crippen molar-refractivity contribution >= 4 is 9.84 Å². The molecule has 4 heteroatoms. The molecule has 1 N–H and O–H groups in total. The number of nitrogens with one attached hydrogen (secondary N) is 1. The monoisotopic (exact) mass is 247 g/mol. The van der Waals surface area contributed by atoms with E-state index in [2.05, 4.69) is 19.2 Å². The van der Waals surface area contributed by atoms with Crippen molar-refractivity contribution in [2.45, 2.75) is 52.0 Å². The van der Waals surface area contributed by atoms with Gasteiger partial charge in [-0.1, -0.05) is 13.8 Å². The molecule has 0 aromatic rings. The molecule has 16 heavy (non-hydrogen) atoms. The first-order valence-electron chi connectivity index (χ1n) is 6.20. The van der Waals surface area contributed by atoms with Crippen LogP contribution in [0.25, 0.3) is 0 Å². The Morgan fingerprint density at radius 3 is 2.38 bits per heavy atom. The first-order valence-corrected chi connectivity index (χ1v) is 8.26. The summed E-state index contributed by atoms with van der Waals surface area (Å²) in [5, 5.41) is 3.50. The maximum absolute atomic E-state index is 11.0. The van der Waals surface area contributed by atoms with E-state index in [1.54, 1.807) is 0 Å². The van der Waals surface area contributed by atoms with Crippen LogP contribution in [-0.4, -0.2) is 33.0 Å². The van der Waals surface area contributed by atoms with Gasteiger partial charge in [0, 0.05) is 18.1 Å². The van der Waals surface area contributed by atoms with E-state index in [9.17, 15) is 8.42 Å². The van der Waals surface area contributed by atoms with Gasteiger partial charge in [-0.05, 0) is 44.1 Å². The van der Waals surface area contributed by atoms with Crippen molar-refractivity contribution in [1.29, 1.82) is 0 Å². The van der Waals surface area contributed by atoms with Crippen molar-refractivity contribution in [1.82, 2.24) is 5.32 Å². The van der Waals surface area contributed by atoms with Crippen molar-refractivity contribution in [3.8, 4) is 0 Å². The van der Waals surface area contributed by atoms with Crippen LogP contribution in [0, 0.1) is 5.41 Å². The summed E-state index contributed by atoms with van der Waals surface area (Å²) in [5.41, 5.74) is 0.257. The minimum absolute atomic E-state index is 0.257. The molecular weight excluding hydrogens is 222 g/mol. The second kappa shape index (κ2) is 5.50. The summed E-state index contributed by atoms with van der Waals surface area (Å²) in [6.45, 7) is 5.52. The predicted octanol–water partition coefficient (Wildman–Crippen LogP) is 1.98. The summed E-state index contributed by atoms with van der Waals surface area (Å²) in [7, 11) is -2.79. The fourth-order valence-electron chi connectivity index (χ4n) is 1.84. The third-order valence-corrected chi connectivity index (χ3v) is 4.21. The lowest BCUT2D eigenvalue weighted by Gasteiger charge is -2.24. The summed E-state index contributed by atoms with van der Waals surface area (Å²) < 4.78 is 22.0. The molecule has 0 unspecified atom stereocenters. The first kappa shape index (κ1) is 14.0. The second-order valence-corrected chi connectivity index (χ2v) is 8.14. The van der Waals surface area contributed by atoms with Crippen LogP contribution in [-0.2, 0) is 9.84 Å². The number of hydrogen-bond acceptors (Lipinski definition) is 3. The minimum atomic E-state index is -2.79. The SMILES string of the molecule is CC(C)(CCCS(C)(=O)=O)CCNC1CC1. The predicted molar refractivity (Wildman–Crippen MR) is 68.4 cm³/mol. The molecule has 1 rings (SSSR count). The van der Waals surface area contributed by atoms with E-state index in [-0.39, 0.29) is 5.41 Å². The molecule has 96 valence electrons. The van der Waals surface area contributed by atoms with E-state index < -0.39 is 9.84 Å². The van der Waals surface area contributed by atoms with E-state index in [0.717, 1.165) is 31.8 Å². The average molecular weight is 247 g/mol. The molecule has 1 fully saturated rings. The summed E-state index contributed by atoms with van der Waals surface area (Å²) in [6, 6.07) is 0.770. The zero-order valence-electron chi connectivity index (χ0n) is 10.8. The van der Waals surface area contributed by atoms with Gasteiger partial charge >= 0.3 is 0 Å². The Hall–Kier alpha value is -0.0900. The van der Waals surface area contributed by atoms with Crippen molar-refractivity contribution in [2.75, 3.05) is 18.6 Å². The lowest BCUT2D eigenvalue weighted by atomic mass is 9.84. The Labute approximate surface area is 99.9 Å². The quantitative estimate of drug-likeness (QED) is 0.713. The number of rotatable bonds is 8. The standard InChI is InChI=1S/C12H25NO2S/c1-12(2,7-4-10-16(3,14)15)8-9-13-11-5-6-11/h11,13H,4-10H2,1-3H3. The molecule has 0 heterocycles. The highest BCUT2D eigenvalue weighted by Gasteiger charge is 2.22. The molecule has 1 aliphatic rings. The van der Waals surface area contributed by atoms with Crippen LogP contribution in [0.1, 0.15) is 46.0 Å². The van der Waals surface area contributed by atoms with Crippen LogP contribution in [0.3, 0.4) is 0 Å². The van der Waals surface area contributed by atoms with Gasteiger partial charge < -0.3 is 5.32 Å². The van der Waals surface area contributed by atoms with E-state index in [0.29, 0.717) is 5.75 Å². The topological polar surface area (TPSA) is 46.2 Å². The van der Waals surface area contributed by atoms with Crippen molar-refractivity contribution < 1.29 is 8.42 Å². The van der Waals surface area contributed by atoms with Gasteiger partial charge in [-0.3, -0.25) is 0 Å². The van der Waals surface area contributed by atoms with Crippen molar-refractivity contribution in [3.63, 3.8) is 0 Å². The summed E-state index contributed by atoms with van der Waals surface area (Å²) in [5.74, 6) is 0.326. The van der Waals surface area contributed by atoms with Crippen LogP contribution in [0.5, 0.6) is 0 Å². The van der Waals surface area contributed by atoms with Gasteiger partial charge in [0.15, 0.2) is 0 Å².